The zero-order valence-electron chi connectivity index (χ0n) is 10.2. The van der Waals surface area contributed by atoms with Crippen molar-refractivity contribution in [1.82, 2.24) is 10.2 Å². The number of hydrogen-bond acceptors (Lipinski definition) is 4. The Bertz CT molecular complexity index is 351. The summed E-state index contributed by atoms with van der Waals surface area (Å²) in [6.45, 7) is 7.99. The lowest BCUT2D eigenvalue weighted by Crippen LogP contribution is -2.44. The van der Waals surface area contributed by atoms with Crippen LogP contribution in [0.3, 0.4) is 0 Å². The average Bonchev–Trinajstić information content (AvgIpc) is 2.40. The standard InChI is InChI=1S/C11H22N2O2S/c1-11(2)8-12-5-6-13(9-11)10-4-3-7-16(10,14)15/h10,12H,3-9H2,1-2H3. The maximum absolute atomic E-state index is 11.9. The first-order chi connectivity index (χ1) is 7.41. The summed E-state index contributed by atoms with van der Waals surface area (Å²) in [5.74, 6) is 0.377. The van der Waals surface area contributed by atoms with Crippen LogP contribution in [0.5, 0.6) is 0 Å². The first kappa shape index (κ1) is 12.3. The minimum Gasteiger partial charge on any atom is -0.315 e. The van der Waals surface area contributed by atoms with Crippen LogP contribution in [0.2, 0.25) is 0 Å². The molecule has 0 aromatic rings. The smallest absolute Gasteiger partial charge is 0.166 e. The SMILES string of the molecule is CC1(C)CNCCN(C2CCCS2(=O)=O)C1. The quantitative estimate of drug-likeness (QED) is 0.730. The van der Waals surface area contributed by atoms with Gasteiger partial charge in [0, 0.05) is 26.2 Å². The molecule has 2 aliphatic rings. The van der Waals surface area contributed by atoms with Gasteiger partial charge in [0.25, 0.3) is 0 Å². The third-order valence-corrected chi connectivity index (χ3v) is 5.73. The zero-order chi connectivity index (χ0) is 11.8. The molecule has 0 aromatic carbocycles. The maximum Gasteiger partial charge on any atom is 0.166 e. The van der Waals surface area contributed by atoms with Crippen LogP contribution in [-0.2, 0) is 9.84 Å². The van der Waals surface area contributed by atoms with Crippen LogP contribution in [0, 0.1) is 5.41 Å². The van der Waals surface area contributed by atoms with E-state index >= 15 is 0 Å². The van der Waals surface area contributed by atoms with Gasteiger partial charge in [-0.1, -0.05) is 13.8 Å². The van der Waals surface area contributed by atoms with Gasteiger partial charge in [0.1, 0.15) is 5.37 Å². The van der Waals surface area contributed by atoms with Gasteiger partial charge in [-0.2, -0.15) is 0 Å². The van der Waals surface area contributed by atoms with Crippen molar-refractivity contribution in [2.45, 2.75) is 32.1 Å². The summed E-state index contributed by atoms with van der Waals surface area (Å²) in [4.78, 5) is 2.17. The summed E-state index contributed by atoms with van der Waals surface area (Å²) in [7, 11) is -2.85. The Hall–Kier alpha value is -0.130. The highest BCUT2D eigenvalue weighted by Crippen LogP contribution is 2.27. The molecule has 0 aromatic heterocycles. The average molecular weight is 246 g/mol. The fourth-order valence-corrected chi connectivity index (χ4v) is 4.77. The van der Waals surface area contributed by atoms with Crippen LogP contribution in [0.15, 0.2) is 0 Å². The third kappa shape index (κ3) is 2.57. The molecule has 2 rings (SSSR count). The Labute approximate surface area is 98.3 Å². The van der Waals surface area contributed by atoms with Crippen LogP contribution in [0.25, 0.3) is 0 Å². The van der Waals surface area contributed by atoms with Crippen molar-refractivity contribution >= 4 is 9.84 Å². The summed E-state index contributed by atoms with van der Waals surface area (Å²) in [6.07, 6.45) is 1.65. The van der Waals surface area contributed by atoms with E-state index in [-0.39, 0.29) is 10.8 Å². The van der Waals surface area contributed by atoms with E-state index in [0.717, 1.165) is 39.0 Å². The summed E-state index contributed by atoms with van der Waals surface area (Å²) in [5, 5.41) is 3.17. The molecule has 1 N–H and O–H groups in total. The molecule has 4 nitrogen and oxygen atoms in total. The molecule has 0 aliphatic carbocycles. The fraction of sp³-hybridized carbons (Fsp3) is 1.00. The predicted molar refractivity (Wildman–Crippen MR) is 65.0 cm³/mol. The van der Waals surface area contributed by atoms with Crippen LogP contribution in [-0.4, -0.2) is 50.6 Å². The van der Waals surface area contributed by atoms with Crippen molar-refractivity contribution in [3.63, 3.8) is 0 Å². The van der Waals surface area contributed by atoms with Crippen molar-refractivity contribution in [3.05, 3.63) is 0 Å². The van der Waals surface area contributed by atoms with Gasteiger partial charge in [0.2, 0.25) is 0 Å². The Kier molecular flexibility index (Phi) is 3.29. The molecular formula is C11H22N2O2S. The van der Waals surface area contributed by atoms with E-state index in [9.17, 15) is 8.42 Å². The highest BCUT2D eigenvalue weighted by Gasteiger charge is 2.38. The lowest BCUT2D eigenvalue weighted by molar-refractivity contribution is 0.188. The van der Waals surface area contributed by atoms with Crippen molar-refractivity contribution in [3.8, 4) is 0 Å². The fourth-order valence-electron chi connectivity index (χ4n) is 2.76. The third-order valence-electron chi connectivity index (χ3n) is 3.51. The molecule has 16 heavy (non-hydrogen) atoms. The van der Waals surface area contributed by atoms with Gasteiger partial charge in [0.15, 0.2) is 9.84 Å². The number of hydrogen-bond donors (Lipinski definition) is 1. The van der Waals surface area contributed by atoms with E-state index in [0.29, 0.717) is 5.75 Å². The monoisotopic (exact) mass is 246 g/mol. The van der Waals surface area contributed by atoms with Crippen LogP contribution < -0.4 is 5.32 Å². The molecule has 0 bridgehead atoms. The maximum atomic E-state index is 11.9. The van der Waals surface area contributed by atoms with Crippen LogP contribution in [0.1, 0.15) is 26.7 Å². The molecule has 0 spiro atoms. The number of rotatable bonds is 1. The minimum absolute atomic E-state index is 0.161. The van der Waals surface area contributed by atoms with E-state index < -0.39 is 9.84 Å². The second-order valence-electron chi connectivity index (χ2n) is 5.78. The summed E-state index contributed by atoms with van der Waals surface area (Å²) in [5.41, 5.74) is 0.161. The van der Waals surface area contributed by atoms with E-state index in [1.807, 2.05) is 0 Å². The number of nitrogens with one attached hydrogen (secondary N) is 1. The molecule has 1 unspecified atom stereocenters. The molecular weight excluding hydrogens is 224 g/mol. The van der Waals surface area contributed by atoms with Gasteiger partial charge in [-0.05, 0) is 18.3 Å². The van der Waals surface area contributed by atoms with Gasteiger partial charge >= 0.3 is 0 Å². The zero-order valence-corrected chi connectivity index (χ0v) is 11.0. The minimum atomic E-state index is -2.85. The van der Waals surface area contributed by atoms with E-state index in [1.54, 1.807) is 0 Å². The normalized spacial score (nSPS) is 34.8. The van der Waals surface area contributed by atoms with Crippen LogP contribution >= 0.6 is 0 Å². The molecule has 2 saturated heterocycles. The highest BCUT2D eigenvalue weighted by molar-refractivity contribution is 7.92. The Morgan fingerprint density at radius 1 is 1.38 bits per heavy atom. The largest absolute Gasteiger partial charge is 0.315 e. The number of nitrogens with zero attached hydrogens (tertiary/aromatic N) is 1. The van der Waals surface area contributed by atoms with Crippen molar-refractivity contribution in [2.75, 3.05) is 31.9 Å². The van der Waals surface area contributed by atoms with Crippen LogP contribution in [0.4, 0.5) is 0 Å². The molecule has 0 radical (unpaired) electrons. The molecule has 1 atom stereocenters. The van der Waals surface area contributed by atoms with Crippen molar-refractivity contribution in [1.29, 1.82) is 0 Å². The summed E-state index contributed by atoms with van der Waals surface area (Å²) >= 11 is 0. The van der Waals surface area contributed by atoms with Gasteiger partial charge in [0.05, 0.1) is 5.75 Å². The van der Waals surface area contributed by atoms with Crippen molar-refractivity contribution < 1.29 is 8.42 Å². The van der Waals surface area contributed by atoms with E-state index in [4.69, 9.17) is 0 Å². The first-order valence-corrected chi connectivity index (χ1v) is 7.79. The molecule has 0 amide bonds. The van der Waals surface area contributed by atoms with Gasteiger partial charge < -0.3 is 5.32 Å². The van der Waals surface area contributed by atoms with Crippen molar-refractivity contribution in [2.24, 2.45) is 5.41 Å². The van der Waals surface area contributed by atoms with Gasteiger partial charge in [-0.15, -0.1) is 0 Å². The summed E-state index contributed by atoms with van der Waals surface area (Å²) in [6, 6.07) is 0. The Balaban J connectivity index is 2.14. The van der Waals surface area contributed by atoms with Gasteiger partial charge in [-0.3, -0.25) is 4.90 Å². The molecule has 5 heteroatoms. The molecule has 94 valence electrons. The van der Waals surface area contributed by atoms with Gasteiger partial charge in [-0.25, -0.2) is 8.42 Å². The lowest BCUT2D eigenvalue weighted by Gasteiger charge is -2.32. The second-order valence-corrected chi connectivity index (χ2v) is 8.05. The topological polar surface area (TPSA) is 49.4 Å². The molecule has 2 aliphatic heterocycles. The Morgan fingerprint density at radius 3 is 2.75 bits per heavy atom. The molecule has 2 heterocycles. The Morgan fingerprint density at radius 2 is 2.12 bits per heavy atom. The molecule has 2 fully saturated rings. The molecule has 0 saturated carbocycles. The van der Waals surface area contributed by atoms with E-state index in [2.05, 4.69) is 24.1 Å². The van der Waals surface area contributed by atoms with E-state index in [1.165, 1.54) is 0 Å². The first-order valence-electron chi connectivity index (χ1n) is 6.07. The lowest BCUT2D eigenvalue weighted by atomic mass is 9.93. The highest BCUT2D eigenvalue weighted by atomic mass is 32.2. The number of sulfone groups is 1. The summed E-state index contributed by atoms with van der Waals surface area (Å²) < 4.78 is 23.8. The second kappa shape index (κ2) is 4.27. The predicted octanol–water partition coefficient (Wildman–Crippen LogP) is 0.452.